The molecular weight excluding hydrogens is 472 g/mol. The summed E-state index contributed by atoms with van der Waals surface area (Å²) in [5, 5.41) is 1.27. The van der Waals surface area contributed by atoms with Crippen LogP contribution in [0, 0.1) is 5.92 Å². The number of rotatable bonds is 9. The van der Waals surface area contributed by atoms with Crippen LogP contribution in [-0.2, 0) is 20.7 Å². The van der Waals surface area contributed by atoms with Crippen molar-refractivity contribution >= 4 is 19.3 Å². The molecule has 0 unspecified atom stereocenters. The zero-order chi connectivity index (χ0) is 25.1. The molecule has 8 nitrogen and oxygen atoms in total. The third-order valence-corrected chi connectivity index (χ3v) is 8.87. The number of imidazole rings is 1. The first kappa shape index (κ1) is 26.4. The number of nitrogens with zero attached hydrogens (tertiary/aromatic N) is 3. The highest BCUT2D eigenvalue weighted by Crippen LogP contribution is 2.60. The van der Waals surface area contributed by atoms with Crippen molar-refractivity contribution in [2.45, 2.75) is 76.2 Å². The van der Waals surface area contributed by atoms with E-state index in [2.05, 4.69) is 15.3 Å². The molecule has 1 atom stereocenters. The molecule has 1 amide bonds. The highest BCUT2D eigenvalue weighted by molar-refractivity contribution is 7.53. The minimum Gasteiger partial charge on any atom is -0.324 e. The highest BCUT2D eigenvalue weighted by atomic mass is 31.2. The lowest BCUT2D eigenvalue weighted by Crippen LogP contribution is -2.28. The Bertz CT molecular complexity index is 1030. The maximum absolute atomic E-state index is 13.1. The fourth-order valence-electron chi connectivity index (χ4n) is 4.77. The van der Waals surface area contributed by atoms with E-state index in [-0.39, 0.29) is 24.6 Å². The smallest absolute Gasteiger partial charge is 0.324 e. The number of carbonyl (C=O) groups excluding carboxylic acids is 1. The van der Waals surface area contributed by atoms with Crippen LogP contribution in [0.15, 0.2) is 30.9 Å². The van der Waals surface area contributed by atoms with E-state index in [0.29, 0.717) is 12.0 Å². The van der Waals surface area contributed by atoms with Crippen LogP contribution < -0.4 is 5.32 Å². The number of hydrogen-bond acceptors (Lipinski definition) is 4. The summed E-state index contributed by atoms with van der Waals surface area (Å²) in [4.78, 5) is 40.5. The maximum atomic E-state index is 13.1. The second-order valence-electron chi connectivity index (χ2n) is 8.81. The van der Waals surface area contributed by atoms with Gasteiger partial charge in [-0.1, -0.05) is 45.6 Å². The Hall–Kier alpha value is -2.23. The second-order valence-corrected chi connectivity index (χ2v) is 10.8. The lowest BCUT2D eigenvalue weighted by atomic mass is 9.94. The molecule has 2 aromatic rings. The van der Waals surface area contributed by atoms with Crippen molar-refractivity contribution in [2.24, 2.45) is 5.92 Å². The molecule has 0 aromatic carbocycles. The van der Waals surface area contributed by atoms with Crippen LogP contribution in [0.2, 0.25) is 0 Å². The fraction of sp³-hybridized carbons (Fsp3) is 0.591. The quantitative estimate of drug-likeness (QED) is 0.403. The summed E-state index contributed by atoms with van der Waals surface area (Å²) in [6, 6.07) is 2.07. The molecule has 188 valence electrons. The zero-order valence-electron chi connectivity index (χ0n) is 19.1. The van der Waals surface area contributed by atoms with Gasteiger partial charge in [-0.05, 0) is 36.8 Å². The molecule has 3 rings (SSSR count). The van der Waals surface area contributed by atoms with E-state index in [1.807, 2.05) is 0 Å². The normalized spacial score (nSPS) is 16.6. The molecule has 0 bridgehead atoms. The molecule has 3 N–H and O–H groups in total. The number of nitrogens with one attached hydrogen (secondary N) is 1. The molecular formula is C22H30F3N4O4P. The van der Waals surface area contributed by atoms with Crippen LogP contribution in [0.1, 0.15) is 76.1 Å². The van der Waals surface area contributed by atoms with Crippen LogP contribution in [0.25, 0.3) is 0 Å². The molecule has 34 heavy (non-hydrogen) atoms. The van der Waals surface area contributed by atoms with Gasteiger partial charge in [-0.15, -0.1) is 0 Å². The summed E-state index contributed by atoms with van der Waals surface area (Å²) in [5.41, 5.74) is -0.706. The summed E-state index contributed by atoms with van der Waals surface area (Å²) in [7, 11) is -4.49. The Labute approximate surface area is 196 Å². The lowest BCUT2D eigenvalue weighted by Gasteiger charge is -2.32. The van der Waals surface area contributed by atoms with Gasteiger partial charge in [0.15, 0.2) is 5.69 Å². The molecule has 0 saturated heterocycles. The molecule has 0 spiro atoms. The molecule has 1 saturated carbocycles. The van der Waals surface area contributed by atoms with Crippen molar-refractivity contribution in [3.63, 3.8) is 0 Å². The van der Waals surface area contributed by atoms with Crippen molar-refractivity contribution in [3.8, 4) is 0 Å². The van der Waals surface area contributed by atoms with E-state index in [9.17, 15) is 32.3 Å². The SMILES string of the molecule is CCC(CC)(c1ccc(NC(=O)[C@H](CC2CCCC2)n2cnc(C(F)(F)F)c2)nc1)P(=O)(O)O. The van der Waals surface area contributed by atoms with Gasteiger partial charge < -0.3 is 19.7 Å². The first-order valence-electron chi connectivity index (χ1n) is 11.3. The lowest BCUT2D eigenvalue weighted by molar-refractivity contribution is -0.141. The Morgan fingerprint density at radius 3 is 2.32 bits per heavy atom. The van der Waals surface area contributed by atoms with Crippen LogP contribution in [-0.4, -0.2) is 30.2 Å². The summed E-state index contributed by atoms with van der Waals surface area (Å²) >= 11 is 0. The predicted molar refractivity (Wildman–Crippen MR) is 120 cm³/mol. The average Bonchev–Trinajstić information content (AvgIpc) is 3.45. The highest BCUT2D eigenvalue weighted by Gasteiger charge is 2.45. The average molecular weight is 502 g/mol. The van der Waals surface area contributed by atoms with E-state index in [4.69, 9.17) is 0 Å². The number of halogens is 3. The van der Waals surface area contributed by atoms with E-state index in [1.54, 1.807) is 13.8 Å². The third-order valence-electron chi connectivity index (χ3n) is 6.87. The molecule has 0 radical (unpaired) electrons. The standard InChI is InChI=1S/C22H30F3N4O4P/c1-3-21(4-2,34(31,32)33)16-9-10-19(26-12-16)28-20(30)17(11-15-7-5-6-8-15)29-13-18(27-14-29)22(23,24)25/h9-10,12-15,17H,3-8,11H2,1-2H3,(H,26,28,30)(H2,31,32,33)/t17-/m0/s1. The minimum atomic E-state index is -4.61. The number of carbonyl (C=O) groups is 1. The van der Waals surface area contributed by atoms with E-state index in [0.717, 1.165) is 38.2 Å². The van der Waals surface area contributed by atoms with Crippen LogP contribution in [0.4, 0.5) is 19.0 Å². The first-order valence-corrected chi connectivity index (χ1v) is 13.0. The maximum Gasteiger partial charge on any atom is 0.434 e. The minimum absolute atomic E-state index is 0.146. The molecule has 1 aliphatic rings. The van der Waals surface area contributed by atoms with Gasteiger partial charge in [0, 0.05) is 12.4 Å². The number of anilines is 1. The number of aromatic nitrogens is 3. The Balaban J connectivity index is 1.83. The van der Waals surface area contributed by atoms with Gasteiger partial charge >= 0.3 is 13.8 Å². The van der Waals surface area contributed by atoms with Crippen molar-refractivity contribution in [1.82, 2.24) is 14.5 Å². The molecule has 0 aliphatic heterocycles. The van der Waals surface area contributed by atoms with Gasteiger partial charge in [0.2, 0.25) is 5.91 Å². The number of pyridine rings is 1. The molecule has 2 aromatic heterocycles. The molecule has 12 heteroatoms. The van der Waals surface area contributed by atoms with Gasteiger partial charge in [-0.3, -0.25) is 9.36 Å². The predicted octanol–water partition coefficient (Wildman–Crippen LogP) is 5.25. The summed E-state index contributed by atoms with van der Waals surface area (Å²) in [5.74, 6) is -0.153. The summed E-state index contributed by atoms with van der Waals surface area (Å²) in [6.45, 7) is 3.37. The fourth-order valence-corrected chi connectivity index (χ4v) is 6.06. The Kier molecular flexibility index (Phi) is 7.89. The monoisotopic (exact) mass is 502 g/mol. The zero-order valence-corrected chi connectivity index (χ0v) is 20.0. The Morgan fingerprint density at radius 1 is 1.21 bits per heavy atom. The van der Waals surface area contributed by atoms with E-state index < -0.39 is 36.6 Å². The van der Waals surface area contributed by atoms with Crippen LogP contribution in [0.5, 0.6) is 0 Å². The van der Waals surface area contributed by atoms with Gasteiger partial charge in [-0.25, -0.2) is 9.97 Å². The van der Waals surface area contributed by atoms with E-state index in [1.165, 1.54) is 22.9 Å². The molecule has 1 fully saturated rings. The van der Waals surface area contributed by atoms with Gasteiger partial charge in [-0.2, -0.15) is 13.2 Å². The summed E-state index contributed by atoms with van der Waals surface area (Å²) < 4.78 is 52.5. The summed E-state index contributed by atoms with van der Waals surface area (Å²) in [6.07, 6.45) is 3.23. The number of alkyl halides is 3. The number of amides is 1. The second kappa shape index (κ2) is 10.2. The molecule has 2 heterocycles. The topological polar surface area (TPSA) is 117 Å². The van der Waals surface area contributed by atoms with Gasteiger partial charge in [0.25, 0.3) is 0 Å². The van der Waals surface area contributed by atoms with Gasteiger partial charge in [0.1, 0.15) is 11.9 Å². The molecule has 1 aliphatic carbocycles. The van der Waals surface area contributed by atoms with Crippen LogP contribution >= 0.6 is 7.60 Å². The number of hydrogen-bond donors (Lipinski definition) is 3. The largest absolute Gasteiger partial charge is 0.434 e. The van der Waals surface area contributed by atoms with Crippen molar-refractivity contribution < 1.29 is 32.3 Å². The van der Waals surface area contributed by atoms with Gasteiger partial charge in [0.05, 0.1) is 11.5 Å². The Morgan fingerprint density at radius 2 is 1.85 bits per heavy atom. The third kappa shape index (κ3) is 5.53. The first-order chi connectivity index (χ1) is 15.9. The van der Waals surface area contributed by atoms with Crippen molar-refractivity contribution in [2.75, 3.05) is 5.32 Å². The van der Waals surface area contributed by atoms with Crippen LogP contribution in [0.3, 0.4) is 0 Å². The van der Waals surface area contributed by atoms with Crippen molar-refractivity contribution in [1.29, 1.82) is 0 Å². The van der Waals surface area contributed by atoms with E-state index >= 15 is 0 Å². The van der Waals surface area contributed by atoms with Crippen molar-refractivity contribution in [3.05, 3.63) is 42.1 Å².